The monoisotopic (exact) mass is 207 g/mol. The predicted octanol–water partition coefficient (Wildman–Crippen LogP) is 3.04. The van der Waals surface area contributed by atoms with Crippen molar-refractivity contribution in [1.29, 1.82) is 0 Å². The highest BCUT2D eigenvalue weighted by atomic mass is 19.1. The van der Waals surface area contributed by atoms with E-state index in [1.807, 2.05) is 0 Å². The van der Waals surface area contributed by atoms with Crippen LogP contribution in [0.4, 0.5) is 4.39 Å². The molecular formula is C13H18FN. The standard InChI is InChI=1S/C13H18FN/c1-9-11-4-2-3-5-12(11)15-7-6-10(14)8-13(9)15/h2-3,10-12H,4-8H2,1H3. The highest BCUT2D eigenvalue weighted by molar-refractivity contribution is 5.28. The number of rotatable bonds is 0. The number of alkyl halides is 1. The molecule has 2 aliphatic heterocycles. The zero-order chi connectivity index (χ0) is 10.4. The van der Waals surface area contributed by atoms with Crippen LogP contribution in [0.3, 0.4) is 0 Å². The van der Waals surface area contributed by atoms with E-state index in [0.717, 1.165) is 25.8 Å². The summed E-state index contributed by atoms with van der Waals surface area (Å²) >= 11 is 0. The molecule has 1 aliphatic carbocycles. The van der Waals surface area contributed by atoms with Crippen LogP contribution in [0.2, 0.25) is 0 Å². The van der Waals surface area contributed by atoms with Gasteiger partial charge in [0.25, 0.3) is 0 Å². The number of hydrogen-bond acceptors (Lipinski definition) is 1. The molecule has 0 aromatic carbocycles. The van der Waals surface area contributed by atoms with Gasteiger partial charge in [0.05, 0.1) is 0 Å². The second-order valence-corrected chi connectivity index (χ2v) is 5.03. The Bertz CT molecular complexity index is 331. The van der Waals surface area contributed by atoms with Crippen molar-refractivity contribution in [2.45, 2.75) is 44.8 Å². The van der Waals surface area contributed by atoms with Gasteiger partial charge in [-0.15, -0.1) is 0 Å². The summed E-state index contributed by atoms with van der Waals surface area (Å²) in [6, 6.07) is 0.650. The highest BCUT2D eigenvalue weighted by Crippen LogP contribution is 2.44. The minimum absolute atomic E-state index is 0.598. The fraction of sp³-hybridized carbons (Fsp3) is 0.692. The van der Waals surface area contributed by atoms with E-state index >= 15 is 0 Å². The molecule has 0 saturated carbocycles. The maximum atomic E-state index is 13.4. The van der Waals surface area contributed by atoms with E-state index in [2.05, 4.69) is 24.0 Å². The van der Waals surface area contributed by atoms with Crippen LogP contribution < -0.4 is 0 Å². The summed E-state index contributed by atoms with van der Waals surface area (Å²) in [5.41, 5.74) is 2.79. The van der Waals surface area contributed by atoms with Gasteiger partial charge in [-0.3, -0.25) is 0 Å². The molecule has 0 amide bonds. The molecule has 3 unspecified atom stereocenters. The summed E-state index contributed by atoms with van der Waals surface area (Å²) in [6.45, 7) is 3.15. The van der Waals surface area contributed by atoms with Crippen LogP contribution in [0.5, 0.6) is 0 Å². The van der Waals surface area contributed by atoms with Crippen LogP contribution in [0.15, 0.2) is 23.4 Å². The van der Waals surface area contributed by atoms with E-state index in [0.29, 0.717) is 18.4 Å². The van der Waals surface area contributed by atoms with Crippen LogP contribution >= 0.6 is 0 Å². The van der Waals surface area contributed by atoms with Crippen molar-refractivity contribution >= 4 is 0 Å². The van der Waals surface area contributed by atoms with Crippen LogP contribution in [0, 0.1) is 5.92 Å². The Balaban J connectivity index is 1.92. The molecule has 3 atom stereocenters. The zero-order valence-electron chi connectivity index (χ0n) is 9.25. The van der Waals surface area contributed by atoms with Gasteiger partial charge in [-0.1, -0.05) is 12.2 Å². The molecule has 0 radical (unpaired) electrons. The molecule has 82 valence electrons. The Kier molecular flexibility index (Phi) is 2.11. The summed E-state index contributed by atoms with van der Waals surface area (Å²) < 4.78 is 13.4. The molecule has 0 spiro atoms. The van der Waals surface area contributed by atoms with Gasteiger partial charge in [0, 0.05) is 30.6 Å². The lowest BCUT2D eigenvalue weighted by molar-refractivity contribution is 0.155. The van der Waals surface area contributed by atoms with E-state index in [9.17, 15) is 4.39 Å². The number of piperidine rings is 1. The molecule has 0 N–H and O–H groups in total. The average Bonchev–Trinajstić information content (AvgIpc) is 2.54. The largest absolute Gasteiger partial charge is 0.371 e. The van der Waals surface area contributed by atoms with Crippen molar-refractivity contribution in [2.24, 2.45) is 5.92 Å². The van der Waals surface area contributed by atoms with Gasteiger partial charge in [0.2, 0.25) is 0 Å². The topological polar surface area (TPSA) is 3.24 Å². The van der Waals surface area contributed by atoms with E-state index in [4.69, 9.17) is 0 Å². The Morgan fingerprint density at radius 3 is 3.00 bits per heavy atom. The minimum atomic E-state index is -0.598. The molecule has 0 bridgehead atoms. The van der Waals surface area contributed by atoms with Gasteiger partial charge >= 0.3 is 0 Å². The van der Waals surface area contributed by atoms with Crippen LogP contribution in [-0.4, -0.2) is 23.7 Å². The number of allylic oxidation sites excluding steroid dienone is 2. The predicted molar refractivity (Wildman–Crippen MR) is 59.2 cm³/mol. The van der Waals surface area contributed by atoms with Gasteiger partial charge in [-0.05, 0) is 31.8 Å². The van der Waals surface area contributed by atoms with E-state index in [1.54, 1.807) is 0 Å². The number of halogens is 1. The molecule has 0 aromatic heterocycles. The molecule has 1 fully saturated rings. The van der Waals surface area contributed by atoms with Crippen molar-refractivity contribution in [3.63, 3.8) is 0 Å². The van der Waals surface area contributed by atoms with Crippen LogP contribution in [0.1, 0.15) is 32.6 Å². The minimum Gasteiger partial charge on any atom is -0.371 e. The van der Waals surface area contributed by atoms with Gasteiger partial charge in [0.1, 0.15) is 6.17 Å². The summed E-state index contributed by atoms with van der Waals surface area (Å²) in [7, 11) is 0. The lowest BCUT2D eigenvalue weighted by atomic mass is 9.86. The summed E-state index contributed by atoms with van der Waals surface area (Å²) in [4.78, 5) is 2.49. The Morgan fingerprint density at radius 1 is 1.33 bits per heavy atom. The molecule has 15 heavy (non-hydrogen) atoms. The third-order valence-electron chi connectivity index (χ3n) is 4.26. The van der Waals surface area contributed by atoms with Crippen molar-refractivity contribution in [1.82, 2.24) is 4.90 Å². The van der Waals surface area contributed by atoms with Crippen molar-refractivity contribution in [2.75, 3.05) is 6.54 Å². The average molecular weight is 207 g/mol. The molecule has 1 saturated heterocycles. The number of nitrogens with zero attached hydrogens (tertiary/aromatic N) is 1. The third-order valence-corrected chi connectivity index (χ3v) is 4.26. The molecule has 2 heterocycles. The molecule has 0 aromatic rings. The molecule has 2 heteroatoms. The van der Waals surface area contributed by atoms with Crippen molar-refractivity contribution in [3.8, 4) is 0 Å². The van der Waals surface area contributed by atoms with E-state index < -0.39 is 6.17 Å². The molecule has 3 rings (SSSR count). The first-order valence-corrected chi connectivity index (χ1v) is 6.02. The fourth-order valence-electron chi connectivity index (χ4n) is 3.42. The second kappa shape index (κ2) is 3.36. The zero-order valence-corrected chi connectivity index (χ0v) is 9.25. The summed E-state index contributed by atoms with van der Waals surface area (Å²) in [6.07, 6.45) is 7.69. The van der Waals surface area contributed by atoms with Gasteiger partial charge in [-0.25, -0.2) is 4.39 Å². The highest BCUT2D eigenvalue weighted by Gasteiger charge is 2.40. The Labute approximate surface area is 90.6 Å². The normalized spacial score (nSPS) is 39.3. The maximum absolute atomic E-state index is 13.4. The van der Waals surface area contributed by atoms with Crippen molar-refractivity contribution in [3.05, 3.63) is 23.4 Å². The first-order valence-electron chi connectivity index (χ1n) is 6.02. The van der Waals surface area contributed by atoms with E-state index in [1.165, 1.54) is 11.3 Å². The number of fused-ring (bicyclic) bond motifs is 3. The van der Waals surface area contributed by atoms with Gasteiger partial charge < -0.3 is 4.90 Å². The molecule has 3 aliphatic rings. The van der Waals surface area contributed by atoms with Crippen LogP contribution in [-0.2, 0) is 0 Å². The van der Waals surface area contributed by atoms with E-state index in [-0.39, 0.29) is 0 Å². The number of hydrogen-bond donors (Lipinski definition) is 0. The summed E-state index contributed by atoms with van der Waals surface area (Å²) in [5.74, 6) is 0.676. The molecular weight excluding hydrogens is 189 g/mol. The smallest absolute Gasteiger partial charge is 0.107 e. The SMILES string of the molecule is CC1=C2CC(F)CCN2C2CC=CCC12. The first kappa shape index (κ1) is 9.44. The first-order chi connectivity index (χ1) is 7.27. The molecule has 1 nitrogen and oxygen atoms in total. The van der Waals surface area contributed by atoms with Gasteiger partial charge in [0.15, 0.2) is 0 Å². The second-order valence-electron chi connectivity index (χ2n) is 5.03. The Morgan fingerprint density at radius 2 is 2.13 bits per heavy atom. The quantitative estimate of drug-likeness (QED) is 0.552. The lowest BCUT2D eigenvalue weighted by Gasteiger charge is -2.36. The fourth-order valence-corrected chi connectivity index (χ4v) is 3.42. The van der Waals surface area contributed by atoms with Gasteiger partial charge in [-0.2, -0.15) is 0 Å². The maximum Gasteiger partial charge on any atom is 0.107 e. The van der Waals surface area contributed by atoms with Crippen LogP contribution in [0.25, 0.3) is 0 Å². The summed E-state index contributed by atoms with van der Waals surface area (Å²) in [5, 5.41) is 0. The third kappa shape index (κ3) is 1.34. The lowest BCUT2D eigenvalue weighted by Crippen LogP contribution is -2.39. The van der Waals surface area contributed by atoms with Crippen molar-refractivity contribution < 1.29 is 4.39 Å². The Hall–Kier alpha value is -0.790.